The lowest BCUT2D eigenvalue weighted by Gasteiger charge is -2.32. The maximum absolute atomic E-state index is 14.1. The molecule has 3 heterocycles. The first-order valence-electron chi connectivity index (χ1n) is 14.1. The zero-order chi connectivity index (χ0) is 31.3. The van der Waals surface area contributed by atoms with Gasteiger partial charge in [0, 0.05) is 51.4 Å². The summed E-state index contributed by atoms with van der Waals surface area (Å²) in [6.07, 6.45) is -3.24. The fourth-order valence-corrected chi connectivity index (χ4v) is 5.48. The number of ether oxygens (including phenoxy) is 2. The van der Waals surface area contributed by atoms with Gasteiger partial charge in [0.15, 0.2) is 0 Å². The third-order valence-corrected chi connectivity index (χ3v) is 7.63. The molecule has 3 aliphatic heterocycles. The van der Waals surface area contributed by atoms with Crippen LogP contribution in [0.4, 0.5) is 33.7 Å². The molecule has 5 rings (SSSR count). The zero-order valence-electron chi connectivity index (χ0n) is 24.0. The Morgan fingerprint density at radius 1 is 1.14 bits per heavy atom. The van der Waals surface area contributed by atoms with Crippen molar-refractivity contribution in [1.29, 1.82) is 0 Å². The number of rotatable bonds is 10. The Hall–Kier alpha value is -4.05. The molecule has 0 aliphatic carbocycles. The Balaban J connectivity index is 1.37. The number of carbonyl (C=O) groups excluding carboxylic acids is 1. The number of nitrogens with one attached hydrogen (secondary N) is 3. The number of anilines is 2. The number of amides is 2. The molecule has 2 aromatic carbocycles. The molecule has 0 radical (unpaired) electrons. The van der Waals surface area contributed by atoms with Crippen molar-refractivity contribution in [3.8, 4) is 0 Å². The highest BCUT2D eigenvalue weighted by atomic mass is 19.4. The van der Waals surface area contributed by atoms with E-state index in [4.69, 9.17) is 15.2 Å². The molecule has 1 saturated heterocycles. The molecule has 11 nitrogen and oxygen atoms in total. The number of benzene rings is 2. The number of nitrogens with zero attached hydrogens (tertiary/aromatic N) is 4. The van der Waals surface area contributed by atoms with Gasteiger partial charge >= 0.3 is 12.2 Å². The van der Waals surface area contributed by atoms with Crippen LogP contribution in [0.2, 0.25) is 0 Å². The molecule has 1 fully saturated rings. The molecule has 0 aromatic heterocycles. The minimum absolute atomic E-state index is 0.218. The monoisotopic (exact) mass is 618 g/mol. The van der Waals surface area contributed by atoms with Crippen LogP contribution in [0.1, 0.15) is 17.0 Å². The smallest absolute Gasteiger partial charge is 0.385 e. The number of hydrogen-bond donors (Lipinski definition) is 4. The lowest BCUT2D eigenvalue weighted by Crippen LogP contribution is -2.46. The summed E-state index contributed by atoms with van der Waals surface area (Å²) in [4.78, 5) is 19.2. The number of nitrogens with two attached hydrogens (primary N) is 1. The van der Waals surface area contributed by atoms with Crippen LogP contribution in [-0.2, 0) is 15.7 Å². The van der Waals surface area contributed by atoms with Crippen molar-refractivity contribution in [2.75, 3.05) is 70.3 Å². The number of amidine groups is 1. The second-order valence-electron chi connectivity index (χ2n) is 10.5. The van der Waals surface area contributed by atoms with E-state index >= 15 is 0 Å². The van der Waals surface area contributed by atoms with Crippen molar-refractivity contribution in [2.24, 2.45) is 15.8 Å². The van der Waals surface area contributed by atoms with Crippen molar-refractivity contribution < 1.29 is 31.8 Å². The maximum atomic E-state index is 14.1. The molecule has 2 unspecified atom stereocenters. The van der Waals surface area contributed by atoms with Crippen LogP contribution in [-0.4, -0.2) is 93.8 Å². The van der Waals surface area contributed by atoms with Crippen LogP contribution in [0.5, 0.6) is 0 Å². The predicted octanol–water partition coefficient (Wildman–Crippen LogP) is 3.39. The third-order valence-electron chi connectivity index (χ3n) is 7.63. The van der Waals surface area contributed by atoms with Crippen molar-refractivity contribution in [3.05, 3.63) is 70.7 Å². The van der Waals surface area contributed by atoms with Gasteiger partial charge in [-0.1, -0.05) is 12.1 Å². The van der Waals surface area contributed by atoms with E-state index in [1.54, 1.807) is 19.2 Å². The Labute approximate surface area is 251 Å². The number of aliphatic imine (C=N–C) groups is 1. The zero-order valence-corrected chi connectivity index (χ0v) is 24.0. The summed E-state index contributed by atoms with van der Waals surface area (Å²) in [7, 11) is 1.64. The first kappa shape index (κ1) is 31.4. The van der Waals surface area contributed by atoms with Gasteiger partial charge in [0.05, 0.1) is 36.8 Å². The van der Waals surface area contributed by atoms with E-state index in [1.165, 1.54) is 6.34 Å². The summed E-state index contributed by atoms with van der Waals surface area (Å²) in [5, 5.41) is 14.7. The predicted molar refractivity (Wildman–Crippen MR) is 158 cm³/mol. The summed E-state index contributed by atoms with van der Waals surface area (Å²) in [6.45, 7) is 5.25. The van der Waals surface area contributed by atoms with Gasteiger partial charge in [-0.15, -0.1) is 0 Å². The second-order valence-corrected chi connectivity index (χ2v) is 10.5. The van der Waals surface area contributed by atoms with Crippen molar-refractivity contribution >= 4 is 29.6 Å². The Morgan fingerprint density at radius 2 is 1.89 bits per heavy atom. The summed E-state index contributed by atoms with van der Waals surface area (Å²) in [5.74, 6) is -0.791. The Kier molecular flexibility index (Phi) is 9.78. The minimum atomic E-state index is -4.68. The van der Waals surface area contributed by atoms with Gasteiger partial charge in [0.25, 0.3) is 0 Å². The SMILES string of the molecule is COCCNCC1=C(CN2CCOCC2)N2N=CN=C(N)C2C1c1ccc(NC(=O)Nc2cc(C(F)(F)F)ccc2F)cc1. The minimum Gasteiger partial charge on any atom is -0.385 e. The van der Waals surface area contributed by atoms with Gasteiger partial charge < -0.3 is 31.2 Å². The summed E-state index contributed by atoms with van der Waals surface area (Å²) in [5.41, 5.74) is 8.15. The lowest BCUT2D eigenvalue weighted by molar-refractivity contribution is -0.137. The van der Waals surface area contributed by atoms with Gasteiger partial charge in [0.1, 0.15) is 24.0 Å². The number of fused-ring (bicyclic) bond motifs is 1. The highest BCUT2D eigenvalue weighted by molar-refractivity contribution is 6.00. The van der Waals surface area contributed by atoms with E-state index in [0.29, 0.717) is 69.2 Å². The number of halogens is 4. The standard InChI is InChI=1S/C29H34F4N8O3/c1-43-11-8-35-15-21-24(16-40-9-12-44-13-10-40)41-26(27(34)36-17-37-41)25(21)18-2-5-20(6-3-18)38-28(42)39-23-14-19(29(31,32)33)4-7-22(23)30/h2-7,14,17,25-26,35H,8-13,15-16H2,1H3,(H2,34,36,37)(H2,38,39,42). The normalized spacial score (nSPS) is 20.5. The van der Waals surface area contributed by atoms with Gasteiger partial charge in [-0.3, -0.25) is 9.91 Å². The van der Waals surface area contributed by atoms with Crippen LogP contribution >= 0.6 is 0 Å². The largest absolute Gasteiger partial charge is 0.416 e. The molecule has 5 N–H and O–H groups in total. The molecule has 44 heavy (non-hydrogen) atoms. The van der Waals surface area contributed by atoms with Crippen molar-refractivity contribution in [2.45, 2.75) is 18.1 Å². The molecular weight excluding hydrogens is 584 g/mol. The molecule has 2 amide bonds. The second kappa shape index (κ2) is 13.7. The summed E-state index contributed by atoms with van der Waals surface area (Å²) < 4.78 is 64.0. The van der Waals surface area contributed by atoms with Gasteiger partial charge in [0.2, 0.25) is 0 Å². The van der Waals surface area contributed by atoms with Gasteiger partial charge in [-0.25, -0.2) is 14.2 Å². The Morgan fingerprint density at radius 3 is 2.59 bits per heavy atom. The summed E-state index contributed by atoms with van der Waals surface area (Å²) >= 11 is 0. The summed E-state index contributed by atoms with van der Waals surface area (Å²) in [6, 6.07) is 7.56. The van der Waals surface area contributed by atoms with Crippen molar-refractivity contribution in [1.82, 2.24) is 15.2 Å². The van der Waals surface area contributed by atoms with Crippen LogP contribution < -0.4 is 21.7 Å². The maximum Gasteiger partial charge on any atom is 0.416 e. The lowest BCUT2D eigenvalue weighted by atomic mass is 9.86. The van der Waals surface area contributed by atoms with Crippen LogP contribution in [0, 0.1) is 5.82 Å². The number of hydrogen-bond acceptors (Lipinski definition) is 9. The first-order chi connectivity index (χ1) is 21.2. The van der Waals surface area contributed by atoms with Gasteiger partial charge in [-0.05, 0) is 41.5 Å². The molecule has 0 bridgehead atoms. The Bertz CT molecular complexity index is 1420. The quantitative estimate of drug-likeness (QED) is 0.237. The van der Waals surface area contributed by atoms with E-state index < -0.39 is 29.3 Å². The number of carbonyl (C=O) groups is 1. The molecule has 2 aromatic rings. The first-order valence-corrected chi connectivity index (χ1v) is 14.1. The fraction of sp³-hybridized carbons (Fsp3) is 0.414. The van der Waals surface area contributed by atoms with E-state index in [-0.39, 0.29) is 12.0 Å². The number of hydrazone groups is 1. The topological polar surface area (TPSA) is 129 Å². The molecule has 236 valence electrons. The molecule has 3 aliphatic rings. The molecule has 2 atom stereocenters. The highest BCUT2D eigenvalue weighted by Crippen LogP contribution is 2.43. The van der Waals surface area contributed by atoms with E-state index in [2.05, 4.69) is 30.9 Å². The molecule has 15 heteroatoms. The average molecular weight is 619 g/mol. The van der Waals surface area contributed by atoms with E-state index in [0.717, 1.165) is 29.9 Å². The number of morpholine rings is 1. The fourth-order valence-electron chi connectivity index (χ4n) is 5.48. The number of alkyl halides is 3. The van der Waals surface area contributed by atoms with Crippen LogP contribution in [0.25, 0.3) is 0 Å². The number of methoxy groups -OCH3 is 1. The molecule has 0 spiro atoms. The number of urea groups is 1. The van der Waals surface area contributed by atoms with Gasteiger partial charge in [-0.2, -0.15) is 18.3 Å². The third kappa shape index (κ3) is 7.18. The van der Waals surface area contributed by atoms with Crippen LogP contribution in [0.15, 0.2) is 63.8 Å². The van der Waals surface area contributed by atoms with E-state index in [9.17, 15) is 22.4 Å². The van der Waals surface area contributed by atoms with Crippen LogP contribution in [0.3, 0.4) is 0 Å². The highest BCUT2D eigenvalue weighted by Gasteiger charge is 2.45. The average Bonchev–Trinajstić information content (AvgIpc) is 3.30. The van der Waals surface area contributed by atoms with Crippen molar-refractivity contribution in [3.63, 3.8) is 0 Å². The van der Waals surface area contributed by atoms with E-state index in [1.807, 2.05) is 17.1 Å². The molecule has 0 saturated carbocycles. The molecular formula is C29H34F4N8O3.